The van der Waals surface area contributed by atoms with Gasteiger partial charge in [-0.2, -0.15) is 5.10 Å². The van der Waals surface area contributed by atoms with Gasteiger partial charge in [0.25, 0.3) is 5.91 Å². The van der Waals surface area contributed by atoms with Crippen molar-refractivity contribution in [2.75, 3.05) is 27.3 Å². The van der Waals surface area contributed by atoms with Crippen molar-refractivity contribution in [3.63, 3.8) is 0 Å². The van der Waals surface area contributed by atoms with E-state index in [1.807, 2.05) is 30.0 Å². The van der Waals surface area contributed by atoms with Crippen molar-refractivity contribution in [3.8, 4) is 11.5 Å². The standard InChI is InChI=1S/C17H21N3O3/c1-11-6-16(19-18-11)17(21)20-5-4-12(10-20)13-7-14(22-2)9-15(8-13)23-3/h6-9,12H,4-5,10H2,1-3H3,(H,18,19). The number of rotatable bonds is 4. The predicted octanol–water partition coefficient (Wildman–Crippen LogP) is 2.37. The Kier molecular flexibility index (Phi) is 4.23. The lowest BCUT2D eigenvalue weighted by atomic mass is 9.98. The molecule has 1 unspecified atom stereocenters. The summed E-state index contributed by atoms with van der Waals surface area (Å²) < 4.78 is 10.7. The fourth-order valence-electron chi connectivity index (χ4n) is 2.97. The molecule has 1 N–H and O–H groups in total. The molecule has 3 rings (SSSR count). The van der Waals surface area contributed by atoms with Crippen molar-refractivity contribution in [2.24, 2.45) is 0 Å². The number of aromatic nitrogens is 2. The molecule has 1 aliphatic rings. The van der Waals surface area contributed by atoms with Crippen LogP contribution in [0.25, 0.3) is 0 Å². The minimum Gasteiger partial charge on any atom is -0.497 e. The van der Waals surface area contributed by atoms with Crippen molar-refractivity contribution in [1.29, 1.82) is 0 Å². The molecule has 0 aliphatic carbocycles. The second-order valence-electron chi connectivity index (χ2n) is 5.82. The molecule has 2 heterocycles. The zero-order valence-corrected chi connectivity index (χ0v) is 13.6. The van der Waals surface area contributed by atoms with E-state index in [1.165, 1.54) is 0 Å². The van der Waals surface area contributed by atoms with Crippen molar-refractivity contribution in [1.82, 2.24) is 15.1 Å². The molecule has 0 bridgehead atoms. The minimum absolute atomic E-state index is 0.0216. The Labute approximate surface area is 135 Å². The predicted molar refractivity (Wildman–Crippen MR) is 86.1 cm³/mol. The SMILES string of the molecule is COc1cc(OC)cc(C2CCN(C(=O)c3cc(C)[nH]n3)C2)c1. The highest BCUT2D eigenvalue weighted by Gasteiger charge is 2.29. The smallest absolute Gasteiger partial charge is 0.274 e. The molecule has 1 fully saturated rings. The monoisotopic (exact) mass is 315 g/mol. The van der Waals surface area contributed by atoms with Gasteiger partial charge in [0.15, 0.2) is 0 Å². The Morgan fingerprint density at radius 3 is 2.48 bits per heavy atom. The largest absolute Gasteiger partial charge is 0.497 e. The van der Waals surface area contributed by atoms with Crippen LogP contribution < -0.4 is 9.47 Å². The number of nitrogens with one attached hydrogen (secondary N) is 1. The van der Waals surface area contributed by atoms with Crippen LogP contribution in [-0.4, -0.2) is 48.3 Å². The molecule has 2 aromatic rings. The van der Waals surface area contributed by atoms with E-state index in [4.69, 9.17) is 9.47 Å². The molecule has 0 spiro atoms. The average Bonchev–Trinajstić information content (AvgIpc) is 3.22. The van der Waals surface area contributed by atoms with E-state index >= 15 is 0 Å². The number of hydrogen-bond acceptors (Lipinski definition) is 4. The Bertz CT molecular complexity index is 689. The molecule has 1 aliphatic heterocycles. The number of ether oxygens (including phenoxy) is 2. The summed E-state index contributed by atoms with van der Waals surface area (Å²) >= 11 is 0. The Balaban J connectivity index is 1.76. The normalized spacial score (nSPS) is 17.3. The first-order valence-electron chi connectivity index (χ1n) is 7.65. The van der Waals surface area contributed by atoms with Gasteiger partial charge in [0.05, 0.1) is 14.2 Å². The molecule has 0 radical (unpaired) electrons. The lowest BCUT2D eigenvalue weighted by molar-refractivity contribution is 0.0785. The van der Waals surface area contributed by atoms with Gasteiger partial charge in [0.1, 0.15) is 17.2 Å². The van der Waals surface area contributed by atoms with E-state index in [0.29, 0.717) is 12.2 Å². The van der Waals surface area contributed by atoms with E-state index in [1.54, 1.807) is 20.3 Å². The second-order valence-corrected chi connectivity index (χ2v) is 5.82. The fraction of sp³-hybridized carbons (Fsp3) is 0.412. The van der Waals surface area contributed by atoms with Crippen molar-refractivity contribution < 1.29 is 14.3 Å². The van der Waals surface area contributed by atoms with Gasteiger partial charge in [-0.05, 0) is 37.1 Å². The number of methoxy groups -OCH3 is 2. The van der Waals surface area contributed by atoms with Crippen molar-refractivity contribution in [2.45, 2.75) is 19.3 Å². The zero-order chi connectivity index (χ0) is 16.4. The number of aryl methyl sites for hydroxylation is 1. The van der Waals surface area contributed by atoms with Crippen LogP contribution in [-0.2, 0) is 0 Å². The highest BCUT2D eigenvalue weighted by Crippen LogP contribution is 2.33. The highest BCUT2D eigenvalue weighted by molar-refractivity contribution is 5.92. The maximum Gasteiger partial charge on any atom is 0.274 e. The minimum atomic E-state index is -0.0216. The van der Waals surface area contributed by atoms with Gasteiger partial charge in [0, 0.05) is 30.8 Å². The van der Waals surface area contributed by atoms with Gasteiger partial charge in [-0.1, -0.05) is 0 Å². The number of H-pyrrole nitrogens is 1. The third kappa shape index (κ3) is 3.16. The molecule has 6 heteroatoms. The second kappa shape index (κ2) is 6.32. The summed E-state index contributed by atoms with van der Waals surface area (Å²) in [7, 11) is 3.28. The van der Waals surface area contributed by atoms with Crippen molar-refractivity contribution in [3.05, 3.63) is 41.2 Å². The summed E-state index contributed by atoms with van der Waals surface area (Å²) in [5.41, 5.74) is 2.50. The number of carbonyl (C=O) groups excluding carboxylic acids is 1. The molecular formula is C17H21N3O3. The molecule has 122 valence electrons. The Hall–Kier alpha value is -2.50. The third-order valence-electron chi connectivity index (χ3n) is 4.25. The van der Waals surface area contributed by atoms with Gasteiger partial charge in [0.2, 0.25) is 0 Å². The van der Waals surface area contributed by atoms with E-state index in [2.05, 4.69) is 10.2 Å². The van der Waals surface area contributed by atoms with E-state index in [0.717, 1.165) is 35.7 Å². The van der Waals surface area contributed by atoms with E-state index in [9.17, 15) is 4.79 Å². The molecule has 1 amide bonds. The van der Waals surface area contributed by atoms with Crippen LogP contribution in [0.3, 0.4) is 0 Å². The number of amides is 1. The van der Waals surface area contributed by atoms with Gasteiger partial charge in [-0.15, -0.1) is 0 Å². The molecule has 1 aromatic carbocycles. The molecule has 0 saturated carbocycles. The van der Waals surface area contributed by atoms with E-state index < -0.39 is 0 Å². The fourth-order valence-corrected chi connectivity index (χ4v) is 2.97. The topological polar surface area (TPSA) is 67.5 Å². The van der Waals surface area contributed by atoms with Crippen LogP contribution in [0.1, 0.15) is 34.1 Å². The zero-order valence-electron chi connectivity index (χ0n) is 13.6. The lowest BCUT2D eigenvalue weighted by Crippen LogP contribution is -2.28. The molecule has 1 atom stereocenters. The summed E-state index contributed by atoms with van der Waals surface area (Å²) in [4.78, 5) is 14.3. The number of nitrogens with zero attached hydrogens (tertiary/aromatic N) is 2. The van der Waals surface area contributed by atoms with Crippen LogP contribution in [0.5, 0.6) is 11.5 Å². The maximum atomic E-state index is 12.5. The lowest BCUT2D eigenvalue weighted by Gasteiger charge is -2.16. The Morgan fingerprint density at radius 2 is 1.91 bits per heavy atom. The Morgan fingerprint density at radius 1 is 1.22 bits per heavy atom. The number of hydrogen-bond donors (Lipinski definition) is 1. The average molecular weight is 315 g/mol. The number of aromatic amines is 1. The summed E-state index contributed by atoms with van der Waals surface area (Å²) in [5, 5.41) is 6.87. The van der Waals surface area contributed by atoms with Crippen LogP contribution in [0.4, 0.5) is 0 Å². The molecule has 1 aromatic heterocycles. The summed E-state index contributed by atoms with van der Waals surface area (Å²) in [5.74, 6) is 1.80. The first-order valence-corrected chi connectivity index (χ1v) is 7.65. The number of benzene rings is 1. The van der Waals surface area contributed by atoms with Gasteiger partial charge < -0.3 is 14.4 Å². The number of carbonyl (C=O) groups is 1. The highest BCUT2D eigenvalue weighted by atomic mass is 16.5. The molecule has 23 heavy (non-hydrogen) atoms. The van der Waals surface area contributed by atoms with Crippen LogP contribution >= 0.6 is 0 Å². The summed E-state index contributed by atoms with van der Waals surface area (Å²) in [6.45, 7) is 3.30. The van der Waals surface area contributed by atoms with Gasteiger partial charge >= 0.3 is 0 Å². The third-order valence-corrected chi connectivity index (χ3v) is 4.25. The van der Waals surface area contributed by atoms with Crippen molar-refractivity contribution >= 4 is 5.91 Å². The maximum absolute atomic E-state index is 12.5. The quantitative estimate of drug-likeness (QED) is 0.940. The molecule has 6 nitrogen and oxygen atoms in total. The molecular weight excluding hydrogens is 294 g/mol. The van der Waals surface area contributed by atoms with Gasteiger partial charge in [-0.25, -0.2) is 0 Å². The van der Waals surface area contributed by atoms with Gasteiger partial charge in [-0.3, -0.25) is 9.89 Å². The van der Waals surface area contributed by atoms with Crippen LogP contribution in [0.15, 0.2) is 24.3 Å². The number of likely N-dealkylation sites (tertiary alicyclic amines) is 1. The first-order chi connectivity index (χ1) is 11.1. The van der Waals surface area contributed by atoms with Crippen LogP contribution in [0.2, 0.25) is 0 Å². The van der Waals surface area contributed by atoms with E-state index in [-0.39, 0.29) is 11.8 Å². The first kappa shape index (κ1) is 15.4. The molecule has 1 saturated heterocycles. The van der Waals surface area contributed by atoms with Crippen LogP contribution in [0, 0.1) is 6.92 Å². The summed E-state index contributed by atoms with van der Waals surface area (Å²) in [6.07, 6.45) is 0.922. The summed E-state index contributed by atoms with van der Waals surface area (Å²) in [6, 6.07) is 7.66.